The van der Waals surface area contributed by atoms with Gasteiger partial charge < -0.3 is 10.0 Å². The van der Waals surface area contributed by atoms with Gasteiger partial charge in [0.1, 0.15) is 5.82 Å². The van der Waals surface area contributed by atoms with Crippen molar-refractivity contribution in [2.75, 3.05) is 18.0 Å². The second kappa shape index (κ2) is 9.64. The Labute approximate surface area is 181 Å². The Morgan fingerprint density at radius 1 is 0.844 bits per heavy atom. The number of aromatic nitrogens is 1. The van der Waals surface area contributed by atoms with Crippen LogP contribution >= 0.6 is 0 Å². The fourth-order valence-corrected chi connectivity index (χ4v) is 3.43. The first-order chi connectivity index (χ1) is 15.3. The number of nitro groups is 3. The van der Waals surface area contributed by atoms with Gasteiger partial charge in [0, 0.05) is 24.7 Å². The largest absolute Gasteiger partial charge is 0.497 e. The van der Waals surface area contributed by atoms with Gasteiger partial charge in [-0.1, -0.05) is 24.3 Å². The normalized spacial score (nSPS) is 13.2. The van der Waals surface area contributed by atoms with Crippen molar-refractivity contribution in [1.29, 1.82) is 0 Å². The Bertz CT molecular complexity index is 1140. The van der Waals surface area contributed by atoms with Gasteiger partial charge in [0.2, 0.25) is 0 Å². The second-order valence-corrected chi connectivity index (χ2v) is 7.01. The summed E-state index contributed by atoms with van der Waals surface area (Å²) in [7, 11) is 0. The zero-order valence-electron chi connectivity index (χ0n) is 16.8. The minimum Gasteiger partial charge on any atom is -0.497 e. The molecule has 166 valence electrons. The molecular weight excluding hydrogens is 422 g/mol. The molecule has 1 aliphatic rings. The van der Waals surface area contributed by atoms with E-state index in [1.165, 1.54) is 30.0 Å². The number of nitro benzene ring substituents is 3. The molecule has 0 unspecified atom stereocenters. The van der Waals surface area contributed by atoms with Crippen molar-refractivity contribution in [3.05, 3.63) is 79.0 Å². The maximum absolute atomic E-state index is 10.4. The number of pyridine rings is 1. The van der Waals surface area contributed by atoms with E-state index in [0.717, 1.165) is 18.9 Å². The van der Waals surface area contributed by atoms with Gasteiger partial charge in [0.15, 0.2) is 0 Å². The molecule has 1 aromatic heterocycles. The van der Waals surface area contributed by atoms with Crippen LogP contribution in [0, 0.1) is 30.3 Å². The summed E-state index contributed by atoms with van der Waals surface area (Å²) in [6, 6.07) is 11.5. The molecule has 0 atom stereocenters. The molecule has 0 aliphatic carbocycles. The van der Waals surface area contributed by atoms with Crippen LogP contribution in [0.3, 0.4) is 0 Å². The number of phenolic OH excluding ortho intramolecular Hbond substituents is 1. The summed E-state index contributed by atoms with van der Waals surface area (Å²) in [6.45, 7) is 2.31. The smallest absolute Gasteiger partial charge is 0.324 e. The lowest BCUT2D eigenvalue weighted by molar-refractivity contribution is -0.404. The lowest BCUT2D eigenvalue weighted by Gasteiger charge is -2.28. The highest BCUT2D eigenvalue weighted by Gasteiger charge is 2.30. The van der Waals surface area contributed by atoms with Crippen LogP contribution in [0.15, 0.2) is 48.7 Å². The molecule has 0 spiro atoms. The van der Waals surface area contributed by atoms with Crippen LogP contribution < -0.4 is 4.90 Å². The van der Waals surface area contributed by atoms with Gasteiger partial charge in [0.25, 0.3) is 11.4 Å². The fraction of sp³-hybridized carbons (Fsp3) is 0.250. The number of aromatic hydroxyl groups is 1. The topological polar surface area (TPSA) is 166 Å². The SMILES string of the molecule is O=[N+]([O-])c1cc([N+](=O)[O-])c(O)c([N+](=O)[O-])c1.c1ccc2c(N3CCCCC3)nccc2c1. The summed E-state index contributed by atoms with van der Waals surface area (Å²) in [6.07, 6.45) is 5.88. The third-order valence-corrected chi connectivity index (χ3v) is 4.97. The highest BCUT2D eigenvalue weighted by Crippen LogP contribution is 2.39. The van der Waals surface area contributed by atoms with E-state index in [4.69, 9.17) is 5.11 Å². The molecule has 1 saturated heterocycles. The number of nitrogens with zero attached hydrogens (tertiary/aromatic N) is 5. The fourth-order valence-electron chi connectivity index (χ4n) is 3.43. The van der Waals surface area contributed by atoms with Crippen molar-refractivity contribution in [2.24, 2.45) is 0 Å². The average molecular weight is 441 g/mol. The van der Waals surface area contributed by atoms with Crippen LogP contribution in [-0.2, 0) is 0 Å². The van der Waals surface area contributed by atoms with Crippen molar-refractivity contribution in [1.82, 2.24) is 4.98 Å². The molecular formula is C20H19N5O7. The molecule has 0 radical (unpaired) electrons. The minimum atomic E-state index is -1.21. The van der Waals surface area contributed by atoms with E-state index in [0.29, 0.717) is 12.1 Å². The number of piperidine rings is 1. The van der Waals surface area contributed by atoms with Crippen molar-refractivity contribution < 1.29 is 19.9 Å². The predicted octanol–water partition coefficient (Wildman–Crippen LogP) is 4.34. The van der Waals surface area contributed by atoms with Crippen LogP contribution in [0.2, 0.25) is 0 Å². The van der Waals surface area contributed by atoms with Crippen molar-refractivity contribution in [2.45, 2.75) is 19.3 Å². The van der Waals surface area contributed by atoms with E-state index in [1.807, 2.05) is 6.20 Å². The number of hydrogen-bond donors (Lipinski definition) is 1. The second-order valence-electron chi connectivity index (χ2n) is 7.01. The van der Waals surface area contributed by atoms with Crippen LogP contribution in [0.25, 0.3) is 10.8 Å². The van der Waals surface area contributed by atoms with Gasteiger partial charge in [-0.2, -0.15) is 0 Å². The summed E-state index contributed by atoms with van der Waals surface area (Å²) < 4.78 is 0. The highest BCUT2D eigenvalue weighted by molar-refractivity contribution is 5.92. The zero-order chi connectivity index (χ0) is 23.3. The number of fused-ring (bicyclic) bond motifs is 1. The lowest BCUT2D eigenvalue weighted by Crippen LogP contribution is -2.30. The van der Waals surface area contributed by atoms with Crippen molar-refractivity contribution in [3.63, 3.8) is 0 Å². The third-order valence-electron chi connectivity index (χ3n) is 4.97. The van der Waals surface area contributed by atoms with Gasteiger partial charge in [-0.25, -0.2) is 4.98 Å². The first-order valence-corrected chi connectivity index (χ1v) is 9.68. The number of anilines is 1. The quantitative estimate of drug-likeness (QED) is 0.457. The third kappa shape index (κ3) is 4.86. The number of phenols is 1. The van der Waals surface area contributed by atoms with E-state index >= 15 is 0 Å². The monoisotopic (exact) mass is 441 g/mol. The predicted molar refractivity (Wildman–Crippen MR) is 116 cm³/mol. The molecule has 0 amide bonds. The molecule has 4 rings (SSSR count). The molecule has 0 bridgehead atoms. The molecule has 32 heavy (non-hydrogen) atoms. The van der Waals surface area contributed by atoms with Crippen molar-refractivity contribution >= 4 is 33.7 Å². The highest BCUT2D eigenvalue weighted by atomic mass is 16.6. The van der Waals surface area contributed by atoms with Gasteiger partial charge in [0.05, 0.1) is 26.9 Å². The minimum absolute atomic E-state index is 0.447. The van der Waals surface area contributed by atoms with Crippen LogP contribution in [-0.4, -0.2) is 37.9 Å². The Balaban J connectivity index is 0.000000181. The summed E-state index contributed by atoms with van der Waals surface area (Å²) in [4.78, 5) is 34.7. The number of hydrogen-bond acceptors (Lipinski definition) is 9. The average Bonchev–Trinajstić information content (AvgIpc) is 2.79. The summed E-state index contributed by atoms with van der Waals surface area (Å²) in [5, 5.41) is 42.8. The molecule has 12 heteroatoms. The summed E-state index contributed by atoms with van der Waals surface area (Å²) >= 11 is 0. The molecule has 1 aliphatic heterocycles. The van der Waals surface area contributed by atoms with Gasteiger partial charge in [-0.15, -0.1) is 0 Å². The van der Waals surface area contributed by atoms with E-state index in [1.54, 1.807) is 0 Å². The number of non-ortho nitro benzene ring substituents is 1. The Morgan fingerprint density at radius 2 is 1.44 bits per heavy atom. The van der Waals surface area contributed by atoms with E-state index in [9.17, 15) is 30.3 Å². The summed E-state index contributed by atoms with van der Waals surface area (Å²) in [5.74, 6) is -0.0431. The Hall–Kier alpha value is -4.35. The van der Waals surface area contributed by atoms with Gasteiger partial charge in [-0.05, 0) is 30.7 Å². The standard InChI is InChI=1S/C14H16N2.C6H3N3O7/c1-4-10-16(11-5-1)14-13-7-3-2-6-12(13)8-9-15-14;10-6-4(8(13)14)1-3(7(11)12)2-5(6)9(15)16/h2-3,6-9H,1,4-5,10-11H2;1-2,10H. The van der Waals surface area contributed by atoms with Gasteiger partial charge >= 0.3 is 11.4 Å². The van der Waals surface area contributed by atoms with Crippen LogP contribution in [0.5, 0.6) is 5.75 Å². The van der Waals surface area contributed by atoms with E-state index in [-0.39, 0.29) is 0 Å². The number of benzene rings is 2. The Morgan fingerprint density at radius 3 is 2.00 bits per heavy atom. The molecule has 1 N–H and O–H groups in total. The lowest BCUT2D eigenvalue weighted by atomic mass is 10.1. The number of rotatable bonds is 4. The first kappa shape index (κ1) is 22.3. The maximum Gasteiger partial charge on any atom is 0.324 e. The van der Waals surface area contributed by atoms with Crippen LogP contribution in [0.4, 0.5) is 22.9 Å². The zero-order valence-corrected chi connectivity index (χ0v) is 16.8. The Kier molecular flexibility index (Phi) is 6.73. The molecule has 3 aromatic rings. The molecule has 0 saturated carbocycles. The van der Waals surface area contributed by atoms with E-state index in [2.05, 4.69) is 40.2 Å². The van der Waals surface area contributed by atoms with E-state index < -0.39 is 37.6 Å². The first-order valence-electron chi connectivity index (χ1n) is 9.68. The van der Waals surface area contributed by atoms with Crippen molar-refractivity contribution in [3.8, 4) is 5.75 Å². The molecule has 12 nitrogen and oxygen atoms in total. The summed E-state index contributed by atoms with van der Waals surface area (Å²) in [5.41, 5.74) is -3.00. The van der Waals surface area contributed by atoms with Crippen LogP contribution in [0.1, 0.15) is 19.3 Å². The van der Waals surface area contributed by atoms with Gasteiger partial charge in [-0.3, -0.25) is 30.3 Å². The maximum atomic E-state index is 10.4. The molecule has 1 fully saturated rings. The molecule has 2 heterocycles. The molecule has 2 aromatic carbocycles.